The highest BCUT2D eigenvalue weighted by Gasteiger charge is 2.37. The van der Waals surface area contributed by atoms with E-state index in [2.05, 4.69) is 25.8 Å². The minimum absolute atomic E-state index is 0. The number of carbonyl (C=O) groups is 1. The van der Waals surface area contributed by atoms with Crippen LogP contribution in [0.5, 0.6) is 0 Å². The lowest BCUT2D eigenvalue weighted by Gasteiger charge is -2.43. The van der Waals surface area contributed by atoms with Crippen molar-refractivity contribution in [3.63, 3.8) is 0 Å². The van der Waals surface area contributed by atoms with Gasteiger partial charge in [-0.2, -0.15) is 5.10 Å². The fourth-order valence-electron chi connectivity index (χ4n) is 4.59. The van der Waals surface area contributed by atoms with Crippen molar-refractivity contribution < 1.29 is 4.79 Å². The van der Waals surface area contributed by atoms with E-state index in [4.69, 9.17) is 0 Å². The molecule has 156 valence electrons. The molecule has 2 bridgehead atoms. The summed E-state index contributed by atoms with van der Waals surface area (Å²) in [5.41, 5.74) is 2.52. The van der Waals surface area contributed by atoms with E-state index in [0.717, 1.165) is 30.8 Å². The standard InChI is InChI=1S/C21H22N6O2.ClH/c28-19-3-1-2-17-15-8-16(10-22-9-15)18(27(17)19)11-23-21(29)14-6-4-13(5-7-14)20-24-12-25-26-20;/h1-7,12,15-16,18,22H,8-11H2,(H,23,29)(H,24,25,26);1H/t15-,16+,18+;/m1./s1. The number of benzene rings is 1. The van der Waals surface area contributed by atoms with Gasteiger partial charge in [0.25, 0.3) is 11.5 Å². The Morgan fingerprint density at radius 1 is 1.17 bits per heavy atom. The number of aromatic nitrogens is 4. The second kappa shape index (κ2) is 8.41. The Labute approximate surface area is 179 Å². The molecule has 2 aromatic heterocycles. The Hall–Kier alpha value is -2.97. The van der Waals surface area contributed by atoms with Gasteiger partial charge in [-0.05, 0) is 30.5 Å². The molecule has 3 N–H and O–H groups in total. The third-order valence-electron chi connectivity index (χ3n) is 6.01. The lowest BCUT2D eigenvalue weighted by atomic mass is 9.79. The first-order valence-corrected chi connectivity index (χ1v) is 9.87. The maximum Gasteiger partial charge on any atom is 0.251 e. The van der Waals surface area contributed by atoms with E-state index in [1.54, 1.807) is 18.2 Å². The minimum Gasteiger partial charge on any atom is -0.350 e. The first-order chi connectivity index (χ1) is 14.2. The van der Waals surface area contributed by atoms with Crippen LogP contribution in [0.15, 0.2) is 53.6 Å². The Bertz CT molecular complexity index is 1080. The molecular weight excluding hydrogens is 404 g/mol. The minimum atomic E-state index is -0.148. The first kappa shape index (κ1) is 20.3. The molecule has 30 heavy (non-hydrogen) atoms. The molecule has 3 atom stereocenters. The van der Waals surface area contributed by atoms with E-state index in [1.807, 2.05) is 28.8 Å². The summed E-state index contributed by atoms with van der Waals surface area (Å²) in [6.07, 6.45) is 2.49. The van der Waals surface area contributed by atoms with Crippen molar-refractivity contribution in [2.75, 3.05) is 19.6 Å². The molecule has 0 radical (unpaired) electrons. The van der Waals surface area contributed by atoms with Gasteiger partial charge >= 0.3 is 0 Å². The molecule has 3 aromatic rings. The molecule has 1 fully saturated rings. The summed E-state index contributed by atoms with van der Waals surface area (Å²) < 4.78 is 1.90. The van der Waals surface area contributed by atoms with Gasteiger partial charge in [0.1, 0.15) is 6.33 Å². The van der Waals surface area contributed by atoms with Crippen molar-refractivity contribution in [1.29, 1.82) is 0 Å². The summed E-state index contributed by atoms with van der Waals surface area (Å²) in [5.74, 6) is 1.20. The molecule has 1 amide bonds. The van der Waals surface area contributed by atoms with Crippen LogP contribution in [0.4, 0.5) is 0 Å². The van der Waals surface area contributed by atoms with Gasteiger partial charge in [0.15, 0.2) is 5.82 Å². The zero-order valence-electron chi connectivity index (χ0n) is 16.2. The number of amides is 1. The molecule has 1 aromatic carbocycles. The number of nitrogens with zero attached hydrogens (tertiary/aromatic N) is 3. The summed E-state index contributed by atoms with van der Waals surface area (Å²) in [7, 11) is 0. The molecule has 0 saturated carbocycles. The Kier molecular flexibility index (Phi) is 5.69. The van der Waals surface area contributed by atoms with Crippen LogP contribution in [0.3, 0.4) is 0 Å². The third kappa shape index (κ3) is 3.64. The zero-order chi connectivity index (χ0) is 19.8. The molecule has 5 rings (SSSR count). The fraction of sp³-hybridized carbons (Fsp3) is 0.333. The first-order valence-electron chi connectivity index (χ1n) is 9.87. The van der Waals surface area contributed by atoms with Crippen molar-refractivity contribution in [2.45, 2.75) is 18.4 Å². The number of nitrogens with one attached hydrogen (secondary N) is 3. The van der Waals surface area contributed by atoms with Crippen LogP contribution in [0.2, 0.25) is 0 Å². The van der Waals surface area contributed by atoms with Crippen LogP contribution in [-0.4, -0.2) is 45.3 Å². The van der Waals surface area contributed by atoms with E-state index < -0.39 is 0 Å². The van der Waals surface area contributed by atoms with Gasteiger partial charge in [0, 0.05) is 48.4 Å². The Balaban J connectivity index is 0.00000218. The number of H-pyrrole nitrogens is 1. The second-order valence-corrected chi connectivity index (χ2v) is 7.70. The smallest absolute Gasteiger partial charge is 0.251 e. The lowest BCUT2D eigenvalue weighted by molar-refractivity contribution is 0.0932. The number of pyridine rings is 1. The van der Waals surface area contributed by atoms with E-state index >= 15 is 0 Å². The van der Waals surface area contributed by atoms with Gasteiger partial charge in [0.05, 0.1) is 6.04 Å². The molecule has 0 aliphatic carbocycles. The topological polar surface area (TPSA) is 105 Å². The maximum atomic E-state index is 12.7. The third-order valence-corrected chi connectivity index (χ3v) is 6.01. The predicted molar refractivity (Wildman–Crippen MR) is 115 cm³/mol. The van der Waals surface area contributed by atoms with Crippen LogP contribution in [0.25, 0.3) is 11.4 Å². The normalized spacial score (nSPS) is 21.9. The van der Waals surface area contributed by atoms with E-state index in [1.165, 1.54) is 6.33 Å². The summed E-state index contributed by atoms with van der Waals surface area (Å²) in [5, 5.41) is 13.2. The number of hydrogen-bond acceptors (Lipinski definition) is 5. The molecule has 4 heterocycles. The number of rotatable bonds is 4. The Morgan fingerprint density at radius 2 is 2.00 bits per heavy atom. The highest BCUT2D eigenvalue weighted by molar-refractivity contribution is 5.94. The molecule has 0 unspecified atom stereocenters. The van der Waals surface area contributed by atoms with Gasteiger partial charge in [-0.25, -0.2) is 4.98 Å². The number of hydrogen-bond donors (Lipinski definition) is 3. The summed E-state index contributed by atoms with van der Waals surface area (Å²) in [6, 6.07) is 12.6. The molecule has 9 heteroatoms. The summed E-state index contributed by atoms with van der Waals surface area (Å²) >= 11 is 0. The monoisotopic (exact) mass is 426 g/mol. The molecule has 1 saturated heterocycles. The molecule has 2 aliphatic heterocycles. The van der Waals surface area contributed by atoms with Crippen LogP contribution in [0, 0.1) is 5.92 Å². The maximum absolute atomic E-state index is 12.7. The average Bonchev–Trinajstić information content (AvgIpc) is 3.29. The molecule has 8 nitrogen and oxygen atoms in total. The van der Waals surface area contributed by atoms with Crippen molar-refractivity contribution in [1.82, 2.24) is 30.4 Å². The number of halogens is 1. The SMILES string of the molecule is Cl.O=C(NC[C@H]1[C@@H]2CNC[C@@H](C2)c2cccc(=O)n21)c1ccc(-c2ncn[nH]2)cc1. The summed E-state index contributed by atoms with van der Waals surface area (Å²) in [4.78, 5) is 29.4. The Morgan fingerprint density at radius 3 is 2.77 bits per heavy atom. The van der Waals surface area contributed by atoms with Crippen LogP contribution in [0.1, 0.15) is 34.4 Å². The summed E-state index contributed by atoms with van der Waals surface area (Å²) in [6.45, 7) is 2.19. The number of aromatic amines is 1. The molecule has 0 spiro atoms. The number of piperidine rings is 1. The molecular formula is C21H23ClN6O2. The van der Waals surface area contributed by atoms with Crippen molar-refractivity contribution in [2.24, 2.45) is 5.92 Å². The lowest BCUT2D eigenvalue weighted by Crippen LogP contribution is -2.50. The van der Waals surface area contributed by atoms with Crippen LogP contribution >= 0.6 is 12.4 Å². The number of fused-ring (bicyclic) bond motifs is 4. The van der Waals surface area contributed by atoms with Gasteiger partial charge in [-0.1, -0.05) is 18.2 Å². The van der Waals surface area contributed by atoms with Crippen LogP contribution in [-0.2, 0) is 0 Å². The van der Waals surface area contributed by atoms with Crippen molar-refractivity contribution in [3.05, 3.63) is 70.4 Å². The van der Waals surface area contributed by atoms with Gasteiger partial charge in [0.2, 0.25) is 0 Å². The predicted octanol–water partition coefficient (Wildman–Crippen LogP) is 1.73. The second-order valence-electron chi connectivity index (χ2n) is 7.70. The van der Waals surface area contributed by atoms with E-state index in [-0.39, 0.29) is 29.9 Å². The highest BCUT2D eigenvalue weighted by atomic mass is 35.5. The largest absolute Gasteiger partial charge is 0.350 e. The molecule has 2 aliphatic rings. The van der Waals surface area contributed by atoms with Gasteiger partial charge in [-0.3, -0.25) is 14.7 Å². The van der Waals surface area contributed by atoms with Crippen molar-refractivity contribution in [3.8, 4) is 11.4 Å². The number of carbonyl (C=O) groups excluding carboxylic acids is 1. The zero-order valence-corrected chi connectivity index (χ0v) is 17.1. The highest BCUT2D eigenvalue weighted by Crippen LogP contribution is 2.38. The van der Waals surface area contributed by atoms with Gasteiger partial charge < -0.3 is 15.2 Å². The fourth-order valence-corrected chi connectivity index (χ4v) is 4.59. The average molecular weight is 427 g/mol. The quantitative estimate of drug-likeness (QED) is 0.589. The van der Waals surface area contributed by atoms with E-state index in [0.29, 0.717) is 29.8 Å². The van der Waals surface area contributed by atoms with Gasteiger partial charge in [-0.15, -0.1) is 12.4 Å². The van der Waals surface area contributed by atoms with Crippen LogP contribution < -0.4 is 16.2 Å². The van der Waals surface area contributed by atoms with E-state index in [9.17, 15) is 9.59 Å². The van der Waals surface area contributed by atoms with Crippen molar-refractivity contribution >= 4 is 18.3 Å².